The van der Waals surface area contributed by atoms with Gasteiger partial charge < -0.3 is 15.4 Å². The topological polar surface area (TPSA) is 50.4 Å². The second-order valence-electron chi connectivity index (χ2n) is 5.92. The van der Waals surface area contributed by atoms with Crippen molar-refractivity contribution in [3.63, 3.8) is 0 Å². The van der Waals surface area contributed by atoms with Gasteiger partial charge in [0.15, 0.2) is 0 Å². The lowest BCUT2D eigenvalue weighted by atomic mass is 10.0. The molecule has 0 aromatic heterocycles. The first-order valence-electron chi connectivity index (χ1n) is 7.23. The fourth-order valence-electron chi connectivity index (χ4n) is 2.73. The Labute approximate surface area is 124 Å². The van der Waals surface area contributed by atoms with Gasteiger partial charge in [0.05, 0.1) is 17.8 Å². The molecule has 0 spiro atoms. The lowest BCUT2D eigenvalue weighted by molar-refractivity contribution is 0.172. The molecule has 1 aliphatic heterocycles. The summed E-state index contributed by atoms with van der Waals surface area (Å²) in [5, 5.41) is 8.20. The summed E-state index contributed by atoms with van der Waals surface area (Å²) in [5.41, 5.74) is 1.65. The van der Waals surface area contributed by atoms with Gasteiger partial charge in [0.25, 0.3) is 0 Å². The number of benzene rings is 2. The van der Waals surface area contributed by atoms with E-state index in [1.807, 2.05) is 44.2 Å². The van der Waals surface area contributed by atoms with Crippen LogP contribution in [0.1, 0.15) is 18.9 Å². The third kappa shape index (κ3) is 2.85. The number of carbonyl (C=O) groups is 1. The van der Waals surface area contributed by atoms with Crippen molar-refractivity contribution in [1.82, 2.24) is 5.32 Å². The van der Waals surface area contributed by atoms with Gasteiger partial charge in [-0.15, -0.1) is 0 Å². The zero-order valence-corrected chi connectivity index (χ0v) is 12.4. The maximum Gasteiger partial charge on any atom is 0.319 e. The first-order valence-corrected chi connectivity index (χ1v) is 7.23. The maximum absolute atomic E-state index is 12.3. The highest BCUT2D eigenvalue weighted by atomic mass is 16.5. The van der Waals surface area contributed by atoms with E-state index in [0.717, 1.165) is 28.4 Å². The van der Waals surface area contributed by atoms with Crippen LogP contribution in [-0.2, 0) is 4.74 Å². The van der Waals surface area contributed by atoms with Crippen LogP contribution in [0.2, 0.25) is 0 Å². The standard InChI is InChI=1S/C17H20N2O2/c1-12-7-8-13-5-3-4-6-14(13)15(12)18-16(20)19-17(2)9-10-21-11-17/h3-8H,9-11H2,1-2H3,(H2,18,19,20). The lowest BCUT2D eigenvalue weighted by Crippen LogP contribution is -2.48. The van der Waals surface area contributed by atoms with Gasteiger partial charge in [0.1, 0.15) is 0 Å². The second-order valence-corrected chi connectivity index (χ2v) is 5.92. The quantitative estimate of drug-likeness (QED) is 0.887. The summed E-state index contributed by atoms with van der Waals surface area (Å²) in [4.78, 5) is 12.3. The molecule has 1 atom stereocenters. The van der Waals surface area contributed by atoms with E-state index < -0.39 is 0 Å². The molecular formula is C17H20N2O2. The molecule has 2 N–H and O–H groups in total. The average Bonchev–Trinajstić information content (AvgIpc) is 2.88. The Bertz CT molecular complexity index is 676. The molecule has 2 amide bonds. The molecule has 0 radical (unpaired) electrons. The highest BCUT2D eigenvalue weighted by Gasteiger charge is 2.31. The summed E-state index contributed by atoms with van der Waals surface area (Å²) in [7, 11) is 0. The molecule has 1 saturated heterocycles. The number of urea groups is 1. The Morgan fingerprint density at radius 3 is 2.81 bits per heavy atom. The smallest absolute Gasteiger partial charge is 0.319 e. The highest BCUT2D eigenvalue weighted by molar-refractivity contribution is 6.03. The normalized spacial score (nSPS) is 21.4. The Kier molecular flexibility index (Phi) is 3.55. The van der Waals surface area contributed by atoms with Crippen LogP contribution >= 0.6 is 0 Å². The minimum atomic E-state index is -0.275. The molecule has 0 saturated carbocycles. The number of fused-ring (bicyclic) bond motifs is 1. The number of nitrogens with one attached hydrogen (secondary N) is 2. The van der Waals surface area contributed by atoms with Crippen LogP contribution < -0.4 is 10.6 Å². The number of hydrogen-bond donors (Lipinski definition) is 2. The molecule has 2 aromatic carbocycles. The van der Waals surface area contributed by atoms with Crippen molar-refractivity contribution in [1.29, 1.82) is 0 Å². The van der Waals surface area contributed by atoms with Crippen LogP contribution in [0.3, 0.4) is 0 Å². The molecule has 1 fully saturated rings. The fraction of sp³-hybridized carbons (Fsp3) is 0.353. The predicted octanol–water partition coefficient (Wildman–Crippen LogP) is 3.45. The molecule has 1 aliphatic rings. The summed E-state index contributed by atoms with van der Waals surface area (Å²) in [5.74, 6) is 0. The van der Waals surface area contributed by atoms with Gasteiger partial charge in [-0.2, -0.15) is 0 Å². The first kappa shape index (κ1) is 13.9. The second kappa shape index (κ2) is 5.37. The molecule has 4 heteroatoms. The van der Waals surface area contributed by atoms with Crippen molar-refractivity contribution in [2.45, 2.75) is 25.8 Å². The monoisotopic (exact) mass is 284 g/mol. The van der Waals surface area contributed by atoms with Crippen molar-refractivity contribution in [3.8, 4) is 0 Å². The van der Waals surface area contributed by atoms with Crippen molar-refractivity contribution < 1.29 is 9.53 Å². The SMILES string of the molecule is Cc1ccc2ccccc2c1NC(=O)NC1(C)CCOC1. The van der Waals surface area contributed by atoms with Gasteiger partial charge in [-0.05, 0) is 31.2 Å². The van der Waals surface area contributed by atoms with Gasteiger partial charge in [0, 0.05) is 12.0 Å². The molecule has 21 heavy (non-hydrogen) atoms. The highest BCUT2D eigenvalue weighted by Crippen LogP contribution is 2.27. The van der Waals surface area contributed by atoms with Crippen molar-refractivity contribution in [2.75, 3.05) is 18.5 Å². The van der Waals surface area contributed by atoms with Crippen LogP contribution in [0.15, 0.2) is 36.4 Å². The van der Waals surface area contributed by atoms with Crippen LogP contribution in [0, 0.1) is 6.92 Å². The van der Waals surface area contributed by atoms with Crippen molar-refractivity contribution in [3.05, 3.63) is 42.0 Å². The van der Waals surface area contributed by atoms with E-state index in [0.29, 0.717) is 13.2 Å². The number of hydrogen-bond acceptors (Lipinski definition) is 2. The summed E-state index contributed by atoms with van der Waals surface area (Å²) < 4.78 is 5.36. The minimum Gasteiger partial charge on any atom is -0.379 e. The number of rotatable bonds is 2. The van der Waals surface area contributed by atoms with E-state index in [1.165, 1.54) is 0 Å². The number of carbonyl (C=O) groups excluding carboxylic acids is 1. The molecule has 0 aliphatic carbocycles. The number of aryl methyl sites for hydroxylation is 1. The molecule has 2 aromatic rings. The average molecular weight is 284 g/mol. The molecule has 4 nitrogen and oxygen atoms in total. The van der Waals surface area contributed by atoms with E-state index in [1.54, 1.807) is 0 Å². The van der Waals surface area contributed by atoms with Crippen LogP contribution in [0.25, 0.3) is 10.8 Å². The largest absolute Gasteiger partial charge is 0.379 e. The minimum absolute atomic E-state index is 0.178. The van der Waals surface area contributed by atoms with Crippen molar-refractivity contribution >= 4 is 22.5 Å². The lowest BCUT2D eigenvalue weighted by Gasteiger charge is -2.24. The Hall–Kier alpha value is -2.07. The van der Waals surface area contributed by atoms with Crippen molar-refractivity contribution in [2.24, 2.45) is 0 Å². The Balaban J connectivity index is 1.84. The molecule has 1 unspecified atom stereocenters. The van der Waals surface area contributed by atoms with E-state index in [2.05, 4.69) is 16.7 Å². The number of amides is 2. The maximum atomic E-state index is 12.3. The van der Waals surface area contributed by atoms with Crippen LogP contribution in [0.4, 0.5) is 10.5 Å². The van der Waals surface area contributed by atoms with Gasteiger partial charge in [0.2, 0.25) is 0 Å². The molecule has 3 rings (SSSR count). The van der Waals surface area contributed by atoms with Gasteiger partial charge in [-0.3, -0.25) is 0 Å². The van der Waals surface area contributed by atoms with Gasteiger partial charge >= 0.3 is 6.03 Å². The number of ether oxygens (including phenoxy) is 1. The summed E-state index contributed by atoms with van der Waals surface area (Å²) in [6.07, 6.45) is 0.842. The molecular weight excluding hydrogens is 264 g/mol. The van der Waals surface area contributed by atoms with E-state index in [4.69, 9.17) is 4.74 Å². The van der Waals surface area contributed by atoms with E-state index in [-0.39, 0.29) is 11.6 Å². The van der Waals surface area contributed by atoms with E-state index in [9.17, 15) is 4.79 Å². The molecule has 1 heterocycles. The predicted molar refractivity (Wildman–Crippen MR) is 84.7 cm³/mol. The van der Waals surface area contributed by atoms with Gasteiger partial charge in [-0.1, -0.05) is 36.4 Å². The number of anilines is 1. The summed E-state index contributed by atoms with van der Waals surface area (Å²) in [6.45, 7) is 5.27. The summed E-state index contributed by atoms with van der Waals surface area (Å²) in [6, 6.07) is 12.0. The zero-order valence-electron chi connectivity index (χ0n) is 12.4. The molecule has 110 valence electrons. The van der Waals surface area contributed by atoms with Crippen LogP contribution in [-0.4, -0.2) is 24.8 Å². The molecule has 0 bridgehead atoms. The third-order valence-electron chi connectivity index (χ3n) is 4.01. The van der Waals surface area contributed by atoms with Crippen LogP contribution in [0.5, 0.6) is 0 Å². The van der Waals surface area contributed by atoms with Gasteiger partial charge in [-0.25, -0.2) is 4.79 Å². The zero-order chi connectivity index (χ0) is 14.9. The first-order chi connectivity index (χ1) is 10.1. The third-order valence-corrected chi connectivity index (χ3v) is 4.01. The van der Waals surface area contributed by atoms with E-state index >= 15 is 0 Å². The Morgan fingerprint density at radius 1 is 1.24 bits per heavy atom. The summed E-state index contributed by atoms with van der Waals surface area (Å²) >= 11 is 0. The fourth-order valence-corrected chi connectivity index (χ4v) is 2.73. The Morgan fingerprint density at radius 2 is 2.05 bits per heavy atom.